The highest BCUT2D eigenvalue weighted by atomic mass is 79.9. The maximum atomic E-state index is 12.6. The van der Waals surface area contributed by atoms with Crippen LogP contribution in [-0.2, 0) is 0 Å². The van der Waals surface area contributed by atoms with E-state index in [1.165, 1.54) is 32.1 Å². The maximum Gasteiger partial charge on any atom is 0.257 e. The van der Waals surface area contributed by atoms with Crippen LogP contribution < -0.4 is 10.6 Å². The lowest BCUT2D eigenvalue weighted by molar-refractivity contribution is 0.0967. The Kier molecular flexibility index (Phi) is 5.55. The molecule has 0 aromatic heterocycles. The standard InChI is InChI=1S/C19H23BrN2O/c20-14-11-12-17(19(23)22-16-9-5-2-6-10-16)18(13-14)21-15-7-3-1-4-8-15/h5,9-13,15,21H,1-4,6-8H2,(H,22,23). The van der Waals surface area contributed by atoms with Crippen molar-refractivity contribution in [1.82, 2.24) is 5.32 Å². The molecule has 0 saturated heterocycles. The Hall–Kier alpha value is -1.55. The Morgan fingerprint density at radius 2 is 1.96 bits per heavy atom. The SMILES string of the molecule is O=C(NC1=CCCC=C1)c1ccc(Br)cc1NC1CCCCC1. The molecule has 0 aliphatic heterocycles. The quantitative estimate of drug-likeness (QED) is 0.764. The van der Waals surface area contributed by atoms with Crippen LogP contribution in [0.5, 0.6) is 0 Å². The number of halogens is 1. The molecule has 3 nitrogen and oxygen atoms in total. The van der Waals surface area contributed by atoms with E-state index in [1.54, 1.807) is 0 Å². The van der Waals surface area contributed by atoms with E-state index in [9.17, 15) is 4.79 Å². The second-order valence-electron chi connectivity index (χ2n) is 6.26. The van der Waals surface area contributed by atoms with Crippen LogP contribution >= 0.6 is 15.9 Å². The van der Waals surface area contributed by atoms with Crippen LogP contribution in [0, 0.1) is 0 Å². The van der Waals surface area contributed by atoms with E-state index in [4.69, 9.17) is 0 Å². The fraction of sp³-hybridized carbons (Fsp3) is 0.421. The molecule has 2 aliphatic rings. The summed E-state index contributed by atoms with van der Waals surface area (Å²) in [5, 5.41) is 6.59. The largest absolute Gasteiger partial charge is 0.382 e. The van der Waals surface area contributed by atoms with Crippen LogP contribution in [0.15, 0.2) is 46.6 Å². The van der Waals surface area contributed by atoms with Gasteiger partial charge in [0.25, 0.3) is 5.91 Å². The number of benzene rings is 1. The zero-order valence-corrected chi connectivity index (χ0v) is 14.9. The monoisotopic (exact) mass is 374 g/mol. The van der Waals surface area contributed by atoms with E-state index in [0.717, 1.165) is 28.7 Å². The summed E-state index contributed by atoms with van der Waals surface area (Å²) >= 11 is 3.51. The number of carbonyl (C=O) groups is 1. The molecule has 2 aliphatic carbocycles. The normalized spacial score (nSPS) is 18.4. The highest BCUT2D eigenvalue weighted by Gasteiger charge is 2.18. The molecule has 0 spiro atoms. The highest BCUT2D eigenvalue weighted by molar-refractivity contribution is 9.10. The number of hydrogen-bond acceptors (Lipinski definition) is 2. The molecular formula is C19H23BrN2O. The summed E-state index contributed by atoms with van der Waals surface area (Å²) in [6.45, 7) is 0. The van der Waals surface area contributed by atoms with Crippen LogP contribution in [0.3, 0.4) is 0 Å². The minimum atomic E-state index is -0.0476. The molecule has 1 aromatic rings. The molecular weight excluding hydrogens is 352 g/mol. The second-order valence-corrected chi connectivity index (χ2v) is 7.18. The summed E-state index contributed by atoms with van der Waals surface area (Å²) in [6, 6.07) is 6.29. The average Bonchev–Trinajstić information content (AvgIpc) is 2.57. The van der Waals surface area contributed by atoms with Gasteiger partial charge >= 0.3 is 0 Å². The molecule has 1 saturated carbocycles. The fourth-order valence-electron chi connectivity index (χ4n) is 3.21. The zero-order chi connectivity index (χ0) is 16.1. The number of allylic oxidation sites excluding steroid dienone is 3. The van der Waals surface area contributed by atoms with Crippen LogP contribution in [0.2, 0.25) is 0 Å². The van der Waals surface area contributed by atoms with Gasteiger partial charge in [-0.3, -0.25) is 4.79 Å². The molecule has 122 valence electrons. The number of hydrogen-bond donors (Lipinski definition) is 2. The topological polar surface area (TPSA) is 41.1 Å². The molecule has 0 unspecified atom stereocenters. The first-order chi connectivity index (χ1) is 11.2. The molecule has 0 radical (unpaired) electrons. The van der Waals surface area contributed by atoms with Gasteiger partial charge in [0.05, 0.1) is 5.56 Å². The molecule has 1 aromatic carbocycles. The van der Waals surface area contributed by atoms with Crippen molar-refractivity contribution in [2.45, 2.75) is 51.0 Å². The van der Waals surface area contributed by atoms with Gasteiger partial charge in [-0.25, -0.2) is 0 Å². The number of amides is 1. The van der Waals surface area contributed by atoms with E-state index >= 15 is 0 Å². The zero-order valence-electron chi connectivity index (χ0n) is 13.3. The molecule has 0 heterocycles. The van der Waals surface area contributed by atoms with Gasteiger partial charge in [0.15, 0.2) is 0 Å². The number of nitrogens with one attached hydrogen (secondary N) is 2. The van der Waals surface area contributed by atoms with Crippen LogP contribution in [0.1, 0.15) is 55.3 Å². The van der Waals surface area contributed by atoms with Crippen molar-refractivity contribution in [1.29, 1.82) is 0 Å². The Morgan fingerprint density at radius 1 is 1.13 bits per heavy atom. The number of carbonyl (C=O) groups excluding carboxylic acids is 1. The van der Waals surface area contributed by atoms with Crippen molar-refractivity contribution in [2.24, 2.45) is 0 Å². The van der Waals surface area contributed by atoms with Gasteiger partial charge in [-0.2, -0.15) is 0 Å². The molecule has 3 rings (SSSR count). The third kappa shape index (κ3) is 4.47. The Bertz CT molecular complexity index is 630. The van der Waals surface area contributed by atoms with Gasteiger partial charge < -0.3 is 10.6 Å². The van der Waals surface area contributed by atoms with Crippen LogP contribution in [-0.4, -0.2) is 11.9 Å². The minimum absolute atomic E-state index is 0.0476. The first-order valence-corrected chi connectivity index (χ1v) is 9.26. The van der Waals surface area contributed by atoms with Gasteiger partial charge in [0.1, 0.15) is 0 Å². The van der Waals surface area contributed by atoms with Gasteiger partial charge in [-0.05, 0) is 50.0 Å². The Morgan fingerprint density at radius 3 is 2.70 bits per heavy atom. The minimum Gasteiger partial charge on any atom is -0.382 e. The van der Waals surface area contributed by atoms with Crippen molar-refractivity contribution in [3.05, 3.63) is 52.2 Å². The first-order valence-electron chi connectivity index (χ1n) is 8.46. The van der Waals surface area contributed by atoms with Crippen LogP contribution in [0.4, 0.5) is 5.69 Å². The predicted molar refractivity (Wildman–Crippen MR) is 98.6 cm³/mol. The van der Waals surface area contributed by atoms with Gasteiger partial charge in [-0.15, -0.1) is 0 Å². The average molecular weight is 375 g/mol. The van der Waals surface area contributed by atoms with E-state index in [1.807, 2.05) is 24.3 Å². The predicted octanol–water partition coefficient (Wildman–Crippen LogP) is 5.16. The lowest BCUT2D eigenvalue weighted by atomic mass is 9.95. The summed E-state index contributed by atoms with van der Waals surface area (Å²) in [6.07, 6.45) is 14.4. The molecule has 0 atom stereocenters. The lowest BCUT2D eigenvalue weighted by Gasteiger charge is -2.25. The smallest absolute Gasteiger partial charge is 0.257 e. The van der Waals surface area contributed by atoms with E-state index in [0.29, 0.717) is 11.6 Å². The fourth-order valence-corrected chi connectivity index (χ4v) is 3.57. The summed E-state index contributed by atoms with van der Waals surface area (Å²) in [4.78, 5) is 12.6. The van der Waals surface area contributed by atoms with Crippen molar-refractivity contribution in [3.8, 4) is 0 Å². The lowest BCUT2D eigenvalue weighted by Crippen LogP contribution is -2.27. The molecule has 23 heavy (non-hydrogen) atoms. The first kappa shape index (κ1) is 16.3. The highest BCUT2D eigenvalue weighted by Crippen LogP contribution is 2.27. The third-order valence-corrected chi connectivity index (χ3v) is 4.94. The van der Waals surface area contributed by atoms with E-state index in [-0.39, 0.29) is 5.91 Å². The Balaban J connectivity index is 1.76. The number of rotatable bonds is 4. The molecule has 1 amide bonds. The van der Waals surface area contributed by atoms with Crippen molar-refractivity contribution in [2.75, 3.05) is 5.32 Å². The Labute approximate surface area is 146 Å². The summed E-state index contributed by atoms with van der Waals surface area (Å²) < 4.78 is 0.990. The second kappa shape index (κ2) is 7.82. The third-order valence-electron chi connectivity index (χ3n) is 4.44. The molecule has 0 bridgehead atoms. The van der Waals surface area contributed by atoms with E-state index in [2.05, 4.69) is 38.7 Å². The summed E-state index contributed by atoms with van der Waals surface area (Å²) in [5.41, 5.74) is 2.52. The van der Waals surface area contributed by atoms with Gasteiger partial charge in [0, 0.05) is 21.9 Å². The van der Waals surface area contributed by atoms with Crippen molar-refractivity contribution >= 4 is 27.5 Å². The molecule has 4 heteroatoms. The van der Waals surface area contributed by atoms with Crippen molar-refractivity contribution in [3.63, 3.8) is 0 Å². The van der Waals surface area contributed by atoms with E-state index < -0.39 is 0 Å². The number of anilines is 1. The van der Waals surface area contributed by atoms with Crippen molar-refractivity contribution < 1.29 is 4.79 Å². The molecule has 1 fully saturated rings. The molecule has 2 N–H and O–H groups in total. The maximum absolute atomic E-state index is 12.6. The van der Waals surface area contributed by atoms with Gasteiger partial charge in [0.2, 0.25) is 0 Å². The summed E-state index contributed by atoms with van der Waals surface area (Å²) in [5.74, 6) is -0.0476. The van der Waals surface area contributed by atoms with Gasteiger partial charge in [-0.1, -0.05) is 47.3 Å². The summed E-state index contributed by atoms with van der Waals surface area (Å²) in [7, 11) is 0. The van der Waals surface area contributed by atoms with Crippen LogP contribution in [0.25, 0.3) is 0 Å².